The number of hydrogen-bond acceptors (Lipinski definition) is 5. The Bertz CT molecular complexity index is 1330. The lowest BCUT2D eigenvalue weighted by molar-refractivity contribution is -0.122. The Morgan fingerprint density at radius 1 is 0.943 bits per heavy atom. The Morgan fingerprint density at radius 3 is 2.43 bits per heavy atom. The number of rotatable bonds is 7. The fourth-order valence-corrected chi connectivity index (χ4v) is 3.63. The van der Waals surface area contributed by atoms with E-state index in [-0.39, 0.29) is 18.0 Å². The number of anilines is 1. The van der Waals surface area contributed by atoms with Crippen molar-refractivity contribution >= 4 is 29.6 Å². The van der Waals surface area contributed by atoms with E-state index in [0.717, 1.165) is 4.90 Å². The third kappa shape index (κ3) is 5.06. The Balaban J connectivity index is 1.63. The molecule has 1 fully saturated rings. The van der Waals surface area contributed by atoms with Crippen molar-refractivity contribution in [2.75, 3.05) is 11.5 Å². The number of amides is 4. The van der Waals surface area contributed by atoms with Gasteiger partial charge in [0, 0.05) is 5.56 Å². The molecule has 0 radical (unpaired) electrons. The first-order valence-corrected chi connectivity index (χ1v) is 11.0. The Hall–Kier alpha value is -4.46. The number of imide groups is 2. The zero-order valence-corrected chi connectivity index (χ0v) is 19.2. The van der Waals surface area contributed by atoms with Crippen molar-refractivity contribution in [3.8, 4) is 11.5 Å². The minimum absolute atomic E-state index is 0.00156. The molecule has 8 heteroatoms. The van der Waals surface area contributed by atoms with Gasteiger partial charge in [0.25, 0.3) is 11.8 Å². The summed E-state index contributed by atoms with van der Waals surface area (Å²) in [6.45, 7) is 3.91. The summed E-state index contributed by atoms with van der Waals surface area (Å²) in [5.41, 5.74) is 1.78. The van der Waals surface area contributed by atoms with Gasteiger partial charge in [-0.05, 0) is 55.3 Å². The van der Waals surface area contributed by atoms with Gasteiger partial charge in [0.1, 0.15) is 18.0 Å². The number of nitrogens with one attached hydrogen (secondary N) is 1. The topological polar surface area (TPSA) is 84.9 Å². The van der Waals surface area contributed by atoms with Gasteiger partial charge in [-0.2, -0.15) is 0 Å². The van der Waals surface area contributed by atoms with E-state index in [4.69, 9.17) is 9.47 Å². The molecule has 0 aliphatic carbocycles. The average Bonchev–Trinajstić information content (AvgIpc) is 2.83. The van der Waals surface area contributed by atoms with E-state index in [0.29, 0.717) is 40.5 Å². The molecule has 1 saturated heterocycles. The quantitative estimate of drug-likeness (QED) is 0.394. The molecule has 0 bridgehead atoms. The highest BCUT2D eigenvalue weighted by atomic mass is 19.1. The third-order valence-electron chi connectivity index (χ3n) is 5.38. The van der Waals surface area contributed by atoms with Gasteiger partial charge >= 0.3 is 6.03 Å². The molecule has 178 valence electrons. The van der Waals surface area contributed by atoms with Crippen LogP contribution in [0.15, 0.2) is 72.3 Å². The van der Waals surface area contributed by atoms with Crippen LogP contribution in [-0.2, 0) is 16.2 Å². The maximum absolute atomic E-state index is 13.9. The SMILES string of the molecule is CCOc1cc(/C=C2\C(=O)NC(=O)N(c3ccccc3C)C2=O)ccc1OCc1ccccc1F. The highest BCUT2D eigenvalue weighted by Gasteiger charge is 2.37. The molecule has 0 aromatic heterocycles. The average molecular weight is 474 g/mol. The van der Waals surface area contributed by atoms with Crippen LogP contribution >= 0.6 is 0 Å². The molecule has 1 N–H and O–H groups in total. The van der Waals surface area contributed by atoms with Crippen LogP contribution in [0.5, 0.6) is 11.5 Å². The monoisotopic (exact) mass is 474 g/mol. The Kier molecular flexibility index (Phi) is 6.91. The first kappa shape index (κ1) is 23.7. The largest absolute Gasteiger partial charge is 0.490 e. The van der Waals surface area contributed by atoms with Gasteiger partial charge in [-0.15, -0.1) is 0 Å². The lowest BCUT2D eigenvalue weighted by Crippen LogP contribution is -2.54. The molecule has 1 heterocycles. The molecule has 0 unspecified atom stereocenters. The summed E-state index contributed by atoms with van der Waals surface area (Å²) in [7, 11) is 0. The fraction of sp³-hybridized carbons (Fsp3) is 0.148. The Labute approximate surface area is 201 Å². The molecule has 0 atom stereocenters. The number of benzene rings is 3. The molecule has 7 nitrogen and oxygen atoms in total. The normalized spacial score (nSPS) is 14.8. The van der Waals surface area contributed by atoms with Crippen molar-refractivity contribution in [1.82, 2.24) is 5.32 Å². The highest BCUT2D eigenvalue weighted by Crippen LogP contribution is 2.31. The van der Waals surface area contributed by atoms with Crippen molar-refractivity contribution in [2.45, 2.75) is 20.5 Å². The van der Waals surface area contributed by atoms with Gasteiger partial charge in [-0.3, -0.25) is 14.9 Å². The van der Waals surface area contributed by atoms with Crippen LogP contribution in [0.4, 0.5) is 14.9 Å². The van der Waals surface area contributed by atoms with Gasteiger partial charge in [-0.1, -0.05) is 42.5 Å². The predicted octanol–water partition coefficient (Wildman–Crippen LogP) is 4.78. The molecule has 35 heavy (non-hydrogen) atoms. The first-order valence-electron chi connectivity index (χ1n) is 11.0. The molecule has 3 aromatic rings. The van der Waals surface area contributed by atoms with Crippen LogP contribution in [0.2, 0.25) is 0 Å². The number of nitrogens with zero attached hydrogens (tertiary/aromatic N) is 1. The minimum Gasteiger partial charge on any atom is -0.490 e. The number of urea groups is 1. The zero-order valence-electron chi connectivity index (χ0n) is 19.2. The van der Waals surface area contributed by atoms with Crippen LogP contribution in [0.3, 0.4) is 0 Å². The van der Waals surface area contributed by atoms with Gasteiger partial charge < -0.3 is 9.47 Å². The number of barbiturate groups is 1. The lowest BCUT2D eigenvalue weighted by Gasteiger charge is -2.27. The van der Waals surface area contributed by atoms with Gasteiger partial charge in [-0.25, -0.2) is 14.1 Å². The molecule has 0 saturated carbocycles. The molecule has 4 rings (SSSR count). The van der Waals surface area contributed by atoms with E-state index in [1.807, 2.05) is 0 Å². The molecule has 3 aromatic carbocycles. The van der Waals surface area contributed by atoms with Gasteiger partial charge in [0.15, 0.2) is 11.5 Å². The molecular formula is C27H23FN2O5. The zero-order chi connectivity index (χ0) is 24.9. The number of aryl methyl sites for hydroxylation is 1. The summed E-state index contributed by atoms with van der Waals surface area (Å²) in [6, 6.07) is 17.3. The van der Waals surface area contributed by atoms with E-state index in [1.165, 1.54) is 12.1 Å². The molecular weight excluding hydrogens is 451 g/mol. The van der Waals surface area contributed by atoms with Crippen molar-refractivity contribution in [3.05, 3.63) is 94.8 Å². The van der Waals surface area contributed by atoms with Gasteiger partial charge in [0.2, 0.25) is 0 Å². The van der Waals surface area contributed by atoms with Crippen LogP contribution < -0.4 is 19.7 Å². The van der Waals surface area contributed by atoms with Crippen LogP contribution in [-0.4, -0.2) is 24.5 Å². The number of halogens is 1. The summed E-state index contributed by atoms with van der Waals surface area (Å²) in [4.78, 5) is 39.1. The van der Waals surface area contributed by atoms with Crippen LogP contribution in [0, 0.1) is 12.7 Å². The molecule has 0 spiro atoms. The number of carbonyl (C=O) groups excluding carboxylic acids is 3. The lowest BCUT2D eigenvalue weighted by atomic mass is 10.1. The molecule has 1 aliphatic rings. The summed E-state index contributed by atoms with van der Waals surface area (Å²) in [6.07, 6.45) is 1.39. The second-order valence-electron chi connectivity index (χ2n) is 7.76. The number of carbonyl (C=O) groups is 3. The standard InChI is InChI=1S/C27H23FN2O5/c1-3-34-24-15-18(12-13-23(24)35-16-19-9-5-6-10-21(19)28)14-20-25(31)29-27(33)30(26(20)32)22-11-7-4-8-17(22)2/h4-15H,3,16H2,1-2H3,(H,29,31,33)/b20-14+. The molecule has 4 amide bonds. The minimum atomic E-state index is -0.807. The highest BCUT2D eigenvalue weighted by molar-refractivity contribution is 6.39. The number of ether oxygens (including phenoxy) is 2. The predicted molar refractivity (Wildman–Crippen MR) is 129 cm³/mol. The first-order chi connectivity index (χ1) is 16.9. The summed E-state index contributed by atoms with van der Waals surface area (Å²) >= 11 is 0. The van der Waals surface area contributed by atoms with Gasteiger partial charge in [0.05, 0.1) is 12.3 Å². The Morgan fingerprint density at radius 2 is 1.69 bits per heavy atom. The van der Waals surface area contributed by atoms with E-state index in [9.17, 15) is 18.8 Å². The fourth-order valence-electron chi connectivity index (χ4n) is 3.63. The summed E-state index contributed by atoms with van der Waals surface area (Å²) in [5, 5.41) is 2.22. The maximum Gasteiger partial charge on any atom is 0.335 e. The maximum atomic E-state index is 13.9. The van der Waals surface area contributed by atoms with Crippen molar-refractivity contribution in [1.29, 1.82) is 0 Å². The summed E-state index contributed by atoms with van der Waals surface area (Å²) in [5.74, 6) is -1.14. The second kappa shape index (κ2) is 10.2. The van der Waals surface area contributed by atoms with E-state index in [1.54, 1.807) is 74.5 Å². The third-order valence-corrected chi connectivity index (χ3v) is 5.38. The van der Waals surface area contributed by atoms with Crippen molar-refractivity contribution in [2.24, 2.45) is 0 Å². The van der Waals surface area contributed by atoms with E-state index in [2.05, 4.69) is 5.32 Å². The van der Waals surface area contributed by atoms with E-state index >= 15 is 0 Å². The number of para-hydroxylation sites is 1. The van der Waals surface area contributed by atoms with Crippen molar-refractivity contribution in [3.63, 3.8) is 0 Å². The van der Waals surface area contributed by atoms with Crippen LogP contribution in [0.1, 0.15) is 23.6 Å². The molecule has 1 aliphatic heterocycles. The number of hydrogen-bond donors (Lipinski definition) is 1. The second-order valence-corrected chi connectivity index (χ2v) is 7.76. The summed E-state index contributed by atoms with van der Waals surface area (Å²) < 4.78 is 25.4. The van der Waals surface area contributed by atoms with Crippen molar-refractivity contribution < 1.29 is 28.2 Å². The van der Waals surface area contributed by atoms with E-state index < -0.39 is 17.8 Å². The smallest absolute Gasteiger partial charge is 0.335 e. The van der Waals surface area contributed by atoms with Crippen LogP contribution in [0.25, 0.3) is 6.08 Å².